The first-order chi connectivity index (χ1) is 19.2. The van der Waals surface area contributed by atoms with Crippen LogP contribution >= 0.6 is 22.6 Å². The summed E-state index contributed by atoms with van der Waals surface area (Å²) < 4.78 is 12.6. The Balaban J connectivity index is 1.74. The molecular formula is C30H32IN3O6. The van der Waals surface area contributed by atoms with Crippen molar-refractivity contribution in [3.05, 3.63) is 93.6 Å². The second-order valence-electron chi connectivity index (χ2n) is 8.84. The molecule has 210 valence electrons. The Morgan fingerprint density at radius 3 is 2.45 bits per heavy atom. The first-order valence-electron chi connectivity index (χ1n) is 12.7. The highest BCUT2D eigenvalue weighted by atomic mass is 127. The predicted molar refractivity (Wildman–Crippen MR) is 163 cm³/mol. The van der Waals surface area contributed by atoms with Crippen LogP contribution in [0.15, 0.2) is 78.9 Å². The number of hydrogen-bond acceptors (Lipinski definition) is 7. The Hall–Kier alpha value is -3.90. The molecule has 40 heavy (non-hydrogen) atoms. The Kier molecular flexibility index (Phi) is 11.5. The van der Waals surface area contributed by atoms with Crippen LogP contribution in [-0.4, -0.2) is 35.6 Å². The summed E-state index contributed by atoms with van der Waals surface area (Å²) in [6.07, 6.45) is 1.60. The molecule has 0 saturated carbocycles. The first kappa shape index (κ1) is 30.6. The summed E-state index contributed by atoms with van der Waals surface area (Å²) in [5.74, 6) is -0.452. The Morgan fingerprint density at radius 2 is 1.77 bits per heavy atom. The number of anilines is 3. The molecule has 0 bridgehead atoms. The van der Waals surface area contributed by atoms with E-state index < -0.39 is 18.3 Å². The summed E-state index contributed by atoms with van der Waals surface area (Å²) in [7, 11) is 0. The lowest BCUT2D eigenvalue weighted by molar-refractivity contribution is -0.111. The normalized spacial score (nSPS) is 12.5. The minimum absolute atomic E-state index is 0.0379. The fourth-order valence-electron chi connectivity index (χ4n) is 3.92. The lowest BCUT2D eigenvalue weighted by Crippen LogP contribution is -2.29. The number of para-hydroxylation sites is 2. The SMILES string of the molecule is CCO[C@@H](CC/C=C/C(=O)Nc1ccccc1N)[C@@H](OC(=O)Nc1ccc(C(C)=O)cc1)c1cc(I)ccc1O. The number of halogens is 1. The second kappa shape index (κ2) is 15.0. The van der Waals surface area contributed by atoms with E-state index in [1.807, 2.05) is 6.92 Å². The Bertz CT molecular complexity index is 1360. The minimum atomic E-state index is -0.947. The van der Waals surface area contributed by atoms with Crippen molar-refractivity contribution in [2.45, 2.75) is 38.9 Å². The van der Waals surface area contributed by atoms with Crippen LogP contribution in [0.25, 0.3) is 0 Å². The van der Waals surface area contributed by atoms with Crippen LogP contribution in [0.4, 0.5) is 21.9 Å². The average molecular weight is 658 g/mol. The molecule has 5 N–H and O–H groups in total. The number of allylic oxidation sites excluding steroid dienone is 1. The number of phenols is 1. The van der Waals surface area contributed by atoms with Crippen molar-refractivity contribution < 1.29 is 29.0 Å². The molecule has 9 nitrogen and oxygen atoms in total. The van der Waals surface area contributed by atoms with Crippen molar-refractivity contribution in [2.75, 3.05) is 23.0 Å². The fourth-order valence-corrected chi connectivity index (χ4v) is 4.43. The lowest BCUT2D eigenvalue weighted by Gasteiger charge is -2.28. The number of carbonyl (C=O) groups is 3. The summed E-state index contributed by atoms with van der Waals surface area (Å²) in [5, 5.41) is 16.0. The number of nitrogens with one attached hydrogen (secondary N) is 2. The molecule has 0 aliphatic heterocycles. The number of phenolic OH excluding ortho intramolecular Hbond substituents is 1. The number of Topliss-reactive ketones (excluding diaryl/α,β-unsaturated/α-hetero) is 1. The maximum atomic E-state index is 12.9. The van der Waals surface area contributed by atoms with Crippen LogP contribution in [0, 0.1) is 3.57 Å². The molecule has 2 atom stereocenters. The number of amides is 2. The number of nitrogen functional groups attached to an aromatic ring is 1. The number of carbonyl (C=O) groups excluding carboxylic acids is 3. The summed E-state index contributed by atoms with van der Waals surface area (Å²) in [6, 6.07) is 18.4. The summed E-state index contributed by atoms with van der Waals surface area (Å²) in [6.45, 7) is 3.62. The third-order valence-electron chi connectivity index (χ3n) is 5.89. The largest absolute Gasteiger partial charge is 0.508 e. The van der Waals surface area contributed by atoms with Crippen molar-refractivity contribution >= 4 is 57.4 Å². The Labute approximate surface area is 246 Å². The molecule has 0 heterocycles. The van der Waals surface area contributed by atoms with E-state index in [0.717, 1.165) is 3.57 Å². The molecule has 0 radical (unpaired) electrons. The van der Waals surface area contributed by atoms with Crippen molar-refractivity contribution in [1.29, 1.82) is 0 Å². The molecule has 0 saturated heterocycles. The number of ether oxygens (including phenoxy) is 2. The second-order valence-corrected chi connectivity index (χ2v) is 10.1. The van der Waals surface area contributed by atoms with Crippen molar-refractivity contribution in [1.82, 2.24) is 0 Å². The molecule has 0 aliphatic rings. The maximum Gasteiger partial charge on any atom is 0.412 e. The third kappa shape index (κ3) is 9.09. The molecule has 3 aromatic rings. The van der Waals surface area contributed by atoms with Crippen molar-refractivity contribution in [3.63, 3.8) is 0 Å². The zero-order valence-corrected chi connectivity index (χ0v) is 24.4. The van der Waals surface area contributed by atoms with Gasteiger partial charge in [-0.05, 0) is 110 Å². The van der Waals surface area contributed by atoms with Gasteiger partial charge >= 0.3 is 6.09 Å². The zero-order chi connectivity index (χ0) is 29.1. The molecule has 0 aliphatic carbocycles. The van der Waals surface area contributed by atoms with Gasteiger partial charge in [0.1, 0.15) is 5.75 Å². The maximum absolute atomic E-state index is 12.9. The number of nitrogens with two attached hydrogens (primary N) is 1. The van der Waals surface area contributed by atoms with E-state index in [-0.39, 0.29) is 17.4 Å². The van der Waals surface area contributed by atoms with Gasteiger partial charge in [-0.1, -0.05) is 18.2 Å². The zero-order valence-electron chi connectivity index (χ0n) is 22.2. The van der Waals surface area contributed by atoms with Crippen LogP contribution in [-0.2, 0) is 14.3 Å². The smallest absolute Gasteiger partial charge is 0.412 e. The van der Waals surface area contributed by atoms with Gasteiger partial charge in [0, 0.05) is 27.0 Å². The number of hydrogen-bond donors (Lipinski definition) is 4. The third-order valence-corrected chi connectivity index (χ3v) is 6.56. The predicted octanol–water partition coefficient (Wildman–Crippen LogP) is 6.45. The minimum Gasteiger partial charge on any atom is -0.508 e. The van der Waals surface area contributed by atoms with Crippen LogP contribution < -0.4 is 16.4 Å². The van der Waals surface area contributed by atoms with E-state index in [1.165, 1.54) is 19.1 Å². The van der Waals surface area contributed by atoms with Gasteiger partial charge in [0.25, 0.3) is 0 Å². The van der Waals surface area contributed by atoms with Gasteiger partial charge in [0.2, 0.25) is 5.91 Å². The highest BCUT2D eigenvalue weighted by Gasteiger charge is 2.30. The summed E-state index contributed by atoms with van der Waals surface area (Å²) >= 11 is 2.11. The topological polar surface area (TPSA) is 140 Å². The molecule has 0 aromatic heterocycles. The first-order valence-corrected chi connectivity index (χ1v) is 13.8. The van der Waals surface area contributed by atoms with Crippen LogP contribution in [0.1, 0.15) is 48.7 Å². The highest BCUT2D eigenvalue weighted by molar-refractivity contribution is 14.1. The molecular weight excluding hydrogens is 625 g/mol. The van der Waals surface area contributed by atoms with Gasteiger partial charge in [-0.15, -0.1) is 0 Å². The average Bonchev–Trinajstić information content (AvgIpc) is 2.92. The fraction of sp³-hybridized carbons (Fsp3) is 0.233. The number of rotatable bonds is 12. The van der Waals surface area contributed by atoms with Crippen LogP contribution in [0.3, 0.4) is 0 Å². The van der Waals surface area contributed by atoms with Gasteiger partial charge < -0.3 is 25.6 Å². The molecule has 0 spiro atoms. The monoisotopic (exact) mass is 657 g/mol. The van der Waals surface area contributed by atoms with E-state index in [2.05, 4.69) is 33.2 Å². The van der Waals surface area contributed by atoms with Gasteiger partial charge in [-0.25, -0.2) is 4.79 Å². The number of ketones is 1. The summed E-state index contributed by atoms with van der Waals surface area (Å²) in [4.78, 5) is 36.8. The van der Waals surface area contributed by atoms with E-state index in [1.54, 1.807) is 66.7 Å². The Morgan fingerprint density at radius 1 is 1.05 bits per heavy atom. The van der Waals surface area contributed by atoms with E-state index in [4.69, 9.17) is 15.2 Å². The quantitative estimate of drug-likeness (QED) is 0.0760. The molecule has 10 heteroatoms. The van der Waals surface area contributed by atoms with E-state index in [0.29, 0.717) is 47.6 Å². The van der Waals surface area contributed by atoms with Gasteiger partial charge in [-0.2, -0.15) is 0 Å². The molecule has 3 rings (SSSR count). The van der Waals surface area contributed by atoms with Gasteiger partial charge in [0.05, 0.1) is 17.5 Å². The van der Waals surface area contributed by atoms with E-state index >= 15 is 0 Å². The molecule has 3 aromatic carbocycles. The van der Waals surface area contributed by atoms with Crippen molar-refractivity contribution in [2.24, 2.45) is 0 Å². The number of benzene rings is 3. The van der Waals surface area contributed by atoms with Gasteiger partial charge in [-0.3, -0.25) is 14.9 Å². The number of aromatic hydroxyl groups is 1. The van der Waals surface area contributed by atoms with Crippen molar-refractivity contribution in [3.8, 4) is 5.75 Å². The van der Waals surface area contributed by atoms with Crippen LogP contribution in [0.5, 0.6) is 5.75 Å². The lowest BCUT2D eigenvalue weighted by atomic mass is 9.99. The molecule has 0 unspecified atom stereocenters. The highest BCUT2D eigenvalue weighted by Crippen LogP contribution is 2.34. The van der Waals surface area contributed by atoms with E-state index in [9.17, 15) is 19.5 Å². The molecule has 2 amide bonds. The summed E-state index contributed by atoms with van der Waals surface area (Å²) in [5.41, 5.74) is 8.23. The standard InChI is InChI=1S/C30H32IN3O6/c1-3-39-27(10-6-7-11-28(37)34-25-9-5-4-8-24(25)32)29(23-18-21(31)14-17-26(23)36)40-30(38)33-22-15-12-20(13-16-22)19(2)35/h4-5,7-9,11-18,27,29,36H,3,6,10,32H2,1-2H3,(H,33,38)(H,34,37)/b11-7+/t27-,29-/m0/s1. The molecule has 0 fully saturated rings. The van der Waals surface area contributed by atoms with Gasteiger partial charge in [0.15, 0.2) is 11.9 Å². The van der Waals surface area contributed by atoms with Crippen LogP contribution in [0.2, 0.25) is 0 Å².